The molecule has 12 nitrogen and oxygen atoms in total. The van der Waals surface area contributed by atoms with Crippen molar-refractivity contribution in [2.24, 2.45) is 22.2 Å². The van der Waals surface area contributed by atoms with E-state index in [9.17, 15) is 19.2 Å². The highest BCUT2D eigenvalue weighted by Gasteiger charge is 2.60. The Labute approximate surface area is 193 Å². The molecule has 0 radical (unpaired) electrons. The lowest BCUT2D eigenvalue weighted by Crippen LogP contribution is -2.70. The third-order valence-electron chi connectivity index (χ3n) is 6.74. The quantitative estimate of drug-likeness (QED) is 0.109. The maximum atomic E-state index is 13.6. The third-order valence-corrected chi connectivity index (χ3v) is 6.74. The minimum absolute atomic E-state index is 0.0274. The van der Waals surface area contributed by atoms with E-state index in [4.69, 9.17) is 17.2 Å². The van der Waals surface area contributed by atoms with Crippen molar-refractivity contribution in [2.45, 2.75) is 81.6 Å². The number of Topliss-reactive ketones (excluding diaryl/α,β-unsaturated/α-hetero) is 1. The van der Waals surface area contributed by atoms with Gasteiger partial charge in [-0.05, 0) is 32.1 Å². The van der Waals surface area contributed by atoms with Crippen molar-refractivity contribution < 1.29 is 19.2 Å². The zero-order chi connectivity index (χ0) is 24.2. The van der Waals surface area contributed by atoms with Gasteiger partial charge in [0.25, 0.3) is 0 Å². The van der Waals surface area contributed by atoms with E-state index in [1.807, 2.05) is 4.90 Å². The number of nitrogens with two attached hydrogens (primary N) is 3. The molecule has 2 heterocycles. The van der Waals surface area contributed by atoms with Crippen LogP contribution in [0.5, 0.6) is 0 Å². The summed E-state index contributed by atoms with van der Waals surface area (Å²) in [6.07, 6.45) is 4.68. The molecular weight excluding hydrogens is 428 g/mol. The molecule has 2 saturated heterocycles. The number of carbonyl (C=O) groups is 4. The van der Waals surface area contributed by atoms with Crippen molar-refractivity contribution in [3.8, 4) is 0 Å². The Morgan fingerprint density at radius 2 is 1.76 bits per heavy atom. The van der Waals surface area contributed by atoms with Crippen molar-refractivity contribution in [3.63, 3.8) is 0 Å². The van der Waals surface area contributed by atoms with Gasteiger partial charge in [0.1, 0.15) is 12.1 Å². The first-order valence-electron chi connectivity index (χ1n) is 11.7. The van der Waals surface area contributed by atoms with Crippen molar-refractivity contribution in [2.75, 3.05) is 19.6 Å². The van der Waals surface area contributed by atoms with Crippen molar-refractivity contribution in [1.29, 1.82) is 0 Å². The Morgan fingerprint density at radius 1 is 1.06 bits per heavy atom. The summed E-state index contributed by atoms with van der Waals surface area (Å²) >= 11 is 0. The molecule has 1 saturated carbocycles. The number of hydrogen-bond acceptors (Lipinski definition) is 7. The molecule has 3 aliphatic rings. The number of guanidine groups is 1. The molecule has 33 heavy (non-hydrogen) atoms. The molecule has 4 atom stereocenters. The molecule has 12 heteroatoms. The second-order valence-electron chi connectivity index (χ2n) is 9.14. The molecule has 0 bridgehead atoms. The first-order valence-corrected chi connectivity index (χ1v) is 11.7. The summed E-state index contributed by atoms with van der Waals surface area (Å²) in [6, 6.07) is -2.48. The van der Waals surface area contributed by atoms with Crippen molar-refractivity contribution in [1.82, 2.24) is 20.9 Å². The number of nitrogens with zero attached hydrogens (tertiary/aromatic N) is 2. The predicted octanol–water partition coefficient (Wildman–Crippen LogP) is -2.56. The predicted molar refractivity (Wildman–Crippen MR) is 122 cm³/mol. The number of aliphatic imine (C=N–C) groups is 1. The van der Waals surface area contributed by atoms with Gasteiger partial charge < -0.3 is 33.2 Å². The summed E-state index contributed by atoms with van der Waals surface area (Å²) in [4.78, 5) is 56.6. The van der Waals surface area contributed by atoms with E-state index in [2.05, 4.69) is 27.9 Å². The smallest absolute Gasteiger partial charge is 0.241 e. The van der Waals surface area contributed by atoms with Crippen LogP contribution in [0, 0.1) is 0 Å². The fraction of sp³-hybridized carbons (Fsp3) is 0.762. The molecular formula is C21H36N8O4. The molecule has 3 rings (SSSR count). The number of piperazine rings is 2. The van der Waals surface area contributed by atoms with Gasteiger partial charge in [0.2, 0.25) is 17.7 Å². The maximum absolute atomic E-state index is 13.6. The van der Waals surface area contributed by atoms with Gasteiger partial charge >= 0.3 is 0 Å². The number of carbonyl (C=O) groups excluding carboxylic acids is 4. The average Bonchev–Trinajstić information content (AvgIpc) is 3.57. The Bertz CT molecular complexity index is 808. The number of nitrogens with one attached hydrogen (secondary N) is 3. The molecule has 1 aliphatic carbocycles. The third kappa shape index (κ3) is 5.61. The maximum Gasteiger partial charge on any atom is 0.241 e. The molecule has 0 unspecified atom stereocenters. The standard InChI is InChI=1S/C21H36N8O4/c1-2-3-5-12-18(32)27-13(10-26-12)16(30)21(7-8-21)29-11-14(17(22)31)28-19(33)15(29)6-4-9-25-20(23)24/h12-15,26H,2-11H2,1H3,(H2,22,31)(H,27,32)(H,28,33)(H4,23,24,25)/t12-,13+,14+,15-/m0/s1. The molecule has 2 aliphatic heterocycles. The molecule has 0 aromatic rings. The van der Waals surface area contributed by atoms with Gasteiger partial charge in [0, 0.05) is 19.6 Å². The molecule has 0 spiro atoms. The minimum Gasteiger partial charge on any atom is -0.370 e. The van der Waals surface area contributed by atoms with E-state index in [-0.39, 0.29) is 36.1 Å². The van der Waals surface area contributed by atoms with E-state index >= 15 is 0 Å². The second-order valence-corrected chi connectivity index (χ2v) is 9.14. The average molecular weight is 465 g/mol. The van der Waals surface area contributed by atoms with Crippen molar-refractivity contribution >= 4 is 29.5 Å². The Morgan fingerprint density at radius 3 is 2.33 bits per heavy atom. The van der Waals surface area contributed by atoms with Gasteiger partial charge in [-0.2, -0.15) is 0 Å². The minimum atomic E-state index is -0.901. The second kappa shape index (κ2) is 10.5. The van der Waals surface area contributed by atoms with Crippen LogP contribution < -0.4 is 33.2 Å². The van der Waals surface area contributed by atoms with Crippen LogP contribution in [0.2, 0.25) is 0 Å². The summed E-state index contributed by atoms with van der Waals surface area (Å²) in [5, 5.41) is 8.73. The summed E-state index contributed by atoms with van der Waals surface area (Å²) in [5.41, 5.74) is 15.3. The highest BCUT2D eigenvalue weighted by molar-refractivity contribution is 6.00. The van der Waals surface area contributed by atoms with E-state index in [0.717, 1.165) is 19.3 Å². The zero-order valence-electron chi connectivity index (χ0n) is 19.1. The lowest BCUT2D eigenvalue weighted by molar-refractivity contribution is -0.144. The van der Waals surface area contributed by atoms with Crippen LogP contribution in [0.15, 0.2) is 4.99 Å². The van der Waals surface area contributed by atoms with Gasteiger partial charge in [-0.3, -0.25) is 29.1 Å². The monoisotopic (exact) mass is 464 g/mol. The van der Waals surface area contributed by atoms with E-state index < -0.39 is 29.6 Å². The fourth-order valence-electron chi connectivity index (χ4n) is 4.79. The Balaban J connectivity index is 1.74. The van der Waals surface area contributed by atoms with Gasteiger partial charge in [-0.1, -0.05) is 19.8 Å². The number of unbranched alkanes of at least 4 members (excludes halogenated alkanes) is 1. The highest BCUT2D eigenvalue weighted by atomic mass is 16.2. The molecule has 0 aromatic heterocycles. The summed E-state index contributed by atoms with van der Waals surface area (Å²) in [5.74, 6) is -1.34. The first kappa shape index (κ1) is 24.9. The largest absolute Gasteiger partial charge is 0.370 e. The molecule has 184 valence electrons. The normalized spacial score (nSPS) is 29.0. The van der Waals surface area contributed by atoms with Gasteiger partial charge in [-0.15, -0.1) is 0 Å². The SMILES string of the molecule is CCCC[C@@H]1NC[C@H](C(=O)C2(N3C[C@H](C(N)=O)NC(=O)[C@@H]3CCCN=C(N)N)CC2)NC1=O. The Hall–Kier alpha value is -2.73. The molecule has 3 fully saturated rings. The van der Waals surface area contributed by atoms with Crippen LogP contribution in [0.3, 0.4) is 0 Å². The topological polar surface area (TPSA) is 198 Å². The van der Waals surface area contributed by atoms with Gasteiger partial charge in [0.05, 0.1) is 17.6 Å². The summed E-state index contributed by atoms with van der Waals surface area (Å²) < 4.78 is 0. The number of ketones is 1. The van der Waals surface area contributed by atoms with E-state index in [0.29, 0.717) is 38.8 Å². The lowest BCUT2D eigenvalue weighted by Gasteiger charge is -2.44. The zero-order valence-corrected chi connectivity index (χ0v) is 19.1. The highest BCUT2D eigenvalue weighted by Crippen LogP contribution is 2.46. The van der Waals surface area contributed by atoms with E-state index in [1.54, 1.807) is 0 Å². The Kier molecular flexibility index (Phi) is 7.90. The van der Waals surface area contributed by atoms with Crippen molar-refractivity contribution in [3.05, 3.63) is 0 Å². The number of amides is 3. The van der Waals surface area contributed by atoms with Gasteiger partial charge in [-0.25, -0.2) is 0 Å². The van der Waals surface area contributed by atoms with Crippen LogP contribution in [0.4, 0.5) is 0 Å². The summed E-state index contributed by atoms with van der Waals surface area (Å²) in [6.45, 7) is 2.90. The molecule has 3 amide bonds. The number of hydrogen-bond donors (Lipinski definition) is 6. The molecule has 9 N–H and O–H groups in total. The van der Waals surface area contributed by atoms with E-state index in [1.165, 1.54) is 0 Å². The number of primary amides is 1. The summed E-state index contributed by atoms with van der Waals surface area (Å²) in [7, 11) is 0. The molecule has 0 aromatic carbocycles. The van der Waals surface area contributed by atoms with Crippen LogP contribution in [0.1, 0.15) is 51.9 Å². The van der Waals surface area contributed by atoms with Crippen LogP contribution in [0.25, 0.3) is 0 Å². The first-order chi connectivity index (χ1) is 15.7. The lowest BCUT2D eigenvalue weighted by atomic mass is 9.92. The van der Waals surface area contributed by atoms with Gasteiger partial charge in [0.15, 0.2) is 11.7 Å². The number of rotatable bonds is 11. The van der Waals surface area contributed by atoms with Crippen LogP contribution in [-0.4, -0.2) is 83.7 Å². The van der Waals surface area contributed by atoms with Crippen LogP contribution in [-0.2, 0) is 19.2 Å². The fourth-order valence-corrected chi connectivity index (χ4v) is 4.79. The van der Waals surface area contributed by atoms with Crippen LogP contribution >= 0.6 is 0 Å².